The van der Waals surface area contributed by atoms with Crippen molar-refractivity contribution < 1.29 is 23.8 Å². The summed E-state index contributed by atoms with van der Waals surface area (Å²) in [4.78, 5) is 24.7. The number of halogens is 1. The Morgan fingerprint density at radius 1 is 0.962 bits per heavy atom. The number of Topliss-reactive ketones (excluding diaryl/α,β-unsaturated/α-hetero) is 1. The van der Waals surface area contributed by atoms with E-state index >= 15 is 0 Å². The number of fused-ring (bicyclic) bond motifs is 1. The van der Waals surface area contributed by atoms with Gasteiger partial charge in [-0.2, -0.15) is 0 Å². The minimum absolute atomic E-state index is 0.218. The fourth-order valence-corrected chi connectivity index (χ4v) is 3.58. The average molecular weight is 419 g/mol. The molecule has 0 radical (unpaired) electrons. The van der Waals surface area contributed by atoms with Gasteiger partial charge in [0.1, 0.15) is 16.0 Å². The number of aryl methyl sites for hydroxylation is 2. The van der Waals surface area contributed by atoms with Crippen LogP contribution in [0.25, 0.3) is 0 Å². The predicted octanol–water partition coefficient (Wildman–Crippen LogP) is 3.99. The monoisotopic (exact) mass is 418 g/mol. The van der Waals surface area contributed by atoms with Crippen LogP contribution in [0.3, 0.4) is 0 Å². The SMILES string of the molecule is COc1cc(C(=O)OCC(=O)c2ccc3c(c2)CCC3)cc(OC)c1Br. The summed E-state index contributed by atoms with van der Waals surface area (Å²) in [6.45, 7) is -0.307. The zero-order chi connectivity index (χ0) is 18.7. The molecular formula is C20H19BrO5. The Bertz CT molecular complexity index is 834. The van der Waals surface area contributed by atoms with Gasteiger partial charge >= 0.3 is 5.97 Å². The molecule has 5 nitrogen and oxygen atoms in total. The van der Waals surface area contributed by atoms with Gasteiger partial charge < -0.3 is 14.2 Å². The van der Waals surface area contributed by atoms with Crippen LogP contribution >= 0.6 is 15.9 Å². The number of benzene rings is 2. The largest absolute Gasteiger partial charge is 0.495 e. The lowest BCUT2D eigenvalue weighted by atomic mass is 10.0. The second-order valence-corrected chi connectivity index (χ2v) is 6.82. The van der Waals surface area contributed by atoms with Crippen LogP contribution in [-0.2, 0) is 17.6 Å². The molecule has 2 aromatic rings. The van der Waals surface area contributed by atoms with E-state index in [1.165, 1.54) is 37.5 Å². The molecule has 0 atom stereocenters. The summed E-state index contributed by atoms with van der Waals surface area (Å²) < 4.78 is 16.2. The zero-order valence-electron chi connectivity index (χ0n) is 14.6. The van der Waals surface area contributed by atoms with E-state index in [4.69, 9.17) is 14.2 Å². The van der Waals surface area contributed by atoms with Crippen LogP contribution in [-0.4, -0.2) is 32.6 Å². The number of rotatable bonds is 6. The highest BCUT2D eigenvalue weighted by Crippen LogP contribution is 2.35. The fraction of sp³-hybridized carbons (Fsp3) is 0.300. The molecule has 1 aliphatic carbocycles. The molecule has 0 unspecified atom stereocenters. The molecule has 0 bridgehead atoms. The number of carbonyl (C=O) groups excluding carboxylic acids is 2. The van der Waals surface area contributed by atoms with Crippen LogP contribution in [0.1, 0.15) is 38.3 Å². The van der Waals surface area contributed by atoms with E-state index in [2.05, 4.69) is 15.9 Å². The Balaban J connectivity index is 1.69. The normalized spacial score (nSPS) is 12.4. The van der Waals surface area contributed by atoms with E-state index in [0.29, 0.717) is 21.5 Å². The number of hydrogen-bond donors (Lipinski definition) is 0. The molecular weight excluding hydrogens is 400 g/mol. The lowest BCUT2D eigenvalue weighted by Crippen LogP contribution is -2.15. The van der Waals surface area contributed by atoms with Gasteiger partial charge in [0.25, 0.3) is 0 Å². The van der Waals surface area contributed by atoms with Crippen molar-refractivity contribution >= 4 is 27.7 Å². The van der Waals surface area contributed by atoms with Gasteiger partial charge in [-0.25, -0.2) is 4.79 Å². The molecule has 0 heterocycles. The fourth-order valence-electron chi connectivity index (χ4n) is 3.03. The van der Waals surface area contributed by atoms with Crippen molar-refractivity contribution in [3.63, 3.8) is 0 Å². The lowest BCUT2D eigenvalue weighted by molar-refractivity contribution is 0.0474. The topological polar surface area (TPSA) is 61.8 Å². The first kappa shape index (κ1) is 18.5. The van der Waals surface area contributed by atoms with Gasteiger partial charge in [0.15, 0.2) is 12.4 Å². The summed E-state index contributed by atoms with van der Waals surface area (Å²) in [5.74, 6) is 0.0650. The summed E-state index contributed by atoms with van der Waals surface area (Å²) in [7, 11) is 2.98. The molecule has 6 heteroatoms. The number of esters is 1. The third kappa shape index (κ3) is 3.75. The minimum Gasteiger partial charge on any atom is -0.495 e. The van der Waals surface area contributed by atoms with Crippen molar-refractivity contribution in [2.75, 3.05) is 20.8 Å². The van der Waals surface area contributed by atoms with E-state index in [1.807, 2.05) is 12.1 Å². The molecule has 0 amide bonds. The highest BCUT2D eigenvalue weighted by Gasteiger charge is 2.18. The molecule has 136 valence electrons. The van der Waals surface area contributed by atoms with E-state index in [-0.39, 0.29) is 18.0 Å². The predicted molar refractivity (Wildman–Crippen MR) is 100 cm³/mol. The van der Waals surface area contributed by atoms with Gasteiger partial charge in [0.2, 0.25) is 0 Å². The second-order valence-electron chi connectivity index (χ2n) is 6.03. The average Bonchev–Trinajstić information content (AvgIpc) is 3.13. The van der Waals surface area contributed by atoms with E-state index in [9.17, 15) is 9.59 Å². The first-order chi connectivity index (χ1) is 12.5. The molecule has 3 rings (SSSR count). The van der Waals surface area contributed by atoms with Gasteiger partial charge in [-0.1, -0.05) is 12.1 Å². The van der Waals surface area contributed by atoms with Gasteiger partial charge in [0.05, 0.1) is 19.8 Å². The van der Waals surface area contributed by atoms with E-state index in [0.717, 1.165) is 19.3 Å². The van der Waals surface area contributed by atoms with E-state index < -0.39 is 5.97 Å². The molecule has 0 spiro atoms. The first-order valence-electron chi connectivity index (χ1n) is 8.27. The summed E-state index contributed by atoms with van der Waals surface area (Å²) in [5, 5.41) is 0. The minimum atomic E-state index is -0.608. The Kier molecular flexibility index (Phi) is 5.61. The quantitative estimate of drug-likeness (QED) is 0.524. The molecule has 2 aromatic carbocycles. The Morgan fingerprint density at radius 2 is 1.62 bits per heavy atom. The Labute approximate surface area is 160 Å². The first-order valence-corrected chi connectivity index (χ1v) is 9.06. The molecule has 0 fully saturated rings. The summed E-state index contributed by atoms with van der Waals surface area (Å²) in [5.41, 5.74) is 3.34. The van der Waals surface area contributed by atoms with Crippen LogP contribution < -0.4 is 9.47 Å². The van der Waals surface area contributed by atoms with Gasteiger partial charge in [-0.3, -0.25) is 4.79 Å². The molecule has 0 N–H and O–H groups in total. The lowest BCUT2D eigenvalue weighted by Gasteiger charge is -2.11. The van der Waals surface area contributed by atoms with Crippen LogP contribution in [0.2, 0.25) is 0 Å². The van der Waals surface area contributed by atoms with Crippen LogP contribution in [0.15, 0.2) is 34.8 Å². The maximum Gasteiger partial charge on any atom is 0.338 e. The van der Waals surface area contributed by atoms with Gasteiger partial charge in [0, 0.05) is 5.56 Å². The van der Waals surface area contributed by atoms with Crippen LogP contribution in [0.4, 0.5) is 0 Å². The number of carbonyl (C=O) groups is 2. The summed E-state index contributed by atoms with van der Waals surface area (Å²) >= 11 is 3.35. The highest BCUT2D eigenvalue weighted by atomic mass is 79.9. The standard InChI is InChI=1S/C20H19BrO5/c1-24-17-9-15(10-18(25-2)19(17)21)20(23)26-11-16(22)14-7-6-12-4-3-5-13(12)8-14/h6-10H,3-5,11H2,1-2H3. The van der Waals surface area contributed by atoms with Crippen molar-refractivity contribution in [1.29, 1.82) is 0 Å². The van der Waals surface area contributed by atoms with Crippen molar-refractivity contribution in [1.82, 2.24) is 0 Å². The molecule has 0 aromatic heterocycles. The summed E-state index contributed by atoms with van der Waals surface area (Å²) in [6.07, 6.45) is 3.18. The molecule has 0 aliphatic heterocycles. The maximum absolute atomic E-state index is 12.3. The Morgan fingerprint density at radius 3 is 2.27 bits per heavy atom. The zero-order valence-corrected chi connectivity index (χ0v) is 16.2. The van der Waals surface area contributed by atoms with Crippen molar-refractivity contribution in [3.8, 4) is 11.5 Å². The molecule has 0 saturated carbocycles. The smallest absolute Gasteiger partial charge is 0.338 e. The molecule has 26 heavy (non-hydrogen) atoms. The van der Waals surface area contributed by atoms with Crippen LogP contribution in [0.5, 0.6) is 11.5 Å². The van der Waals surface area contributed by atoms with E-state index in [1.54, 1.807) is 6.07 Å². The maximum atomic E-state index is 12.3. The Hall–Kier alpha value is -2.34. The summed E-state index contributed by atoms with van der Waals surface area (Å²) in [6, 6.07) is 8.77. The van der Waals surface area contributed by atoms with Crippen molar-refractivity contribution in [2.24, 2.45) is 0 Å². The number of ketones is 1. The van der Waals surface area contributed by atoms with Crippen molar-refractivity contribution in [3.05, 3.63) is 57.1 Å². The number of hydrogen-bond acceptors (Lipinski definition) is 5. The molecule has 0 saturated heterocycles. The third-order valence-electron chi connectivity index (χ3n) is 4.44. The highest BCUT2D eigenvalue weighted by molar-refractivity contribution is 9.10. The molecule has 1 aliphatic rings. The van der Waals surface area contributed by atoms with Crippen molar-refractivity contribution in [2.45, 2.75) is 19.3 Å². The van der Waals surface area contributed by atoms with Crippen LogP contribution in [0, 0.1) is 0 Å². The van der Waals surface area contributed by atoms with Gasteiger partial charge in [-0.05, 0) is 64.5 Å². The number of ether oxygens (including phenoxy) is 3. The number of methoxy groups -OCH3 is 2. The second kappa shape index (κ2) is 7.91. The third-order valence-corrected chi connectivity index (χ3v) is 5.22. The van der Waals surface area contributed by atoms with Gasteiger partial charge in [-0.15, -0.1) is 0 Å².